The molecule has 4 unspecified atom stereocenters. The van der Waals surface area contributed by atoms with E-state index in [1.807, 2.05) is 4.90 Å². The Morgan fingerprint density at radius 2 is 1.81 bits per heavy atom. The van der Waals surface area contributed by atoms with Gasteiger partial charge in [-0.2, -0.15) is 23.4 Å². The molecule has 2 N–H and O–H groups in total. The monoisotopic (exact) mass is 432 g/mol. The molecule has 3 aromatic heterocycles. The fourth-order valence-electron chi connectivity index (χ4n) is 4.50. The number of likely N-dealkylation sites (tertiary alicyclic amines) is 1. The molecular weight excluding hydrogens is 413 g/mol. The van der Waals surface area contributed by atoms with Gasteiger partial charge in [-0.3, -0.25) is 4.90 Å². The minimum absolute atomic E-state index is 0.0236. The predicted molar refractivity (Wildman–Crippen MR) is 102 cm³/mol. The van der Waals surface area contributed by atoms with Gasteiger partial charge in [0.2, 0.25) is 5.95 Å². The Morgan fingerprint density at radius 3 is 2.48 bits per heavy atom. The molecule has 9 nitrogen and oxygen atoms in total. The molecule has 1 aliphatic heterocycles. The summed E-state index contributed by atoms with van der Waals surface area (Å²) in [5, 5.41) is 22.5. The van der Waals surface area contributed by atoms with E-state index in [-0.39, 0.29) is 18.0 Å². The third-order valence-electron chi connectivity index (χ3n) is 5.83. The van der Waals surface area contributed by atoms with E-state index >= 15 is 0 Å². The Labute approximate surface area is 175 Å². The fourth-order valence-corrected chi connectivity index (χ4v) is 4.50. The van der Waals surface area contributed by atoms with E-state index in [0.717, 1.165) is 25.2 Å². The number of nitrogens with zero attached hydrogens (tertiary/aromatic N) is 7. The highest BCUT2D eigenvalue weighted by Crippen LogP contribution is 2.43. The Balaban J connectivity index is 1.34. The predicted octanol–water partition coefficient (Wildman–Crippen LogP) is 2.04. The topological polar surface area (TPSA) is 105 Å². The van der Waals surface area contributed by atoms with Gasteiger partial charge >= 0.3 is 6.18 Å². The van der Waals surface area contributed by atoms with Gasteiger partial charge in [0.25, 0.3) is 0 Å². The lowest BCUT2D eigenvalue weighted by Gasteiger charge is -2.37. The molecule has 4 atom stereocenters. The first-order valence-electron chi connectivity index (χ1n) is 9.81. The van der Waals surface area contributed by atoms with Crippen LogP contribution in [-0.2, 0) is 6.18 Å². The number of halogens is 3. The number of anilines is 1. The standard InChI is InChI=1S/C19H19F3N8O/c20-19(21,22)12-8-24-18(25-9-12)28-14-6-11-7-15(14)29(10-11)17(31)13-2-1-3-23-16(13)30-26-4-5-27-30/h1-5,8-9,11,14-15,17,31H,6-7,10H2,(H,24,25,28). The van der Waals surface area contributed by atoms with E-state index in [9.17, 15) is 18.3 Å². The zero-order valence-electron chi connectivity index (χ0n) is 16.2. The molecular formula is C19H19F3N8O. The van der Waals surface area contributed by atoms with E-state index in [0.29, 0.717) is 23.8 Å². The van der Waals surface area contributed by atoms with Crippen LogP contribution in [0.3, 0.4) is 0 Å². The van der Waals surface area contributed by atoms with E-state index in [2.05, 4.69) is 30.5 Å². The van der Waals surface area contributed by atoms with Gasteiger partial charge in [-0.25, -0.2) is 15.0 Å². The van der Waals surface area contributed by atoms with E-state index in [4.69, 9.17) is 0 Å². The van der Waals surface area contributed by atoms with Gasteiger partial charge in [0.15, 0.2) is 5.82 Å². The average Bonchev–Trinajstić information content (AvgIpc) is 3.50. The highest BCUT2D eigenvalue weighted by molar-refractivity contribution is 5.34. The van der Waals surface area contributed by atoms with Crippen molar-refractivity contribution in [3.05, 3.63) is 54.2 Å². The highest BCUT2D eigenvalue weighted by Gasteiger charge is 2.48. The molecule has 0 radical (unpaired) electrons. The third-order valence-corrected chi connectivity index (χ3v) is 5.83. The van der Waals surface area contributed by atoms with Crippen LogP contribution in [0.1, 0.15) is 30.2 Å². The molecule has 162 valence electrons. The summed E-state index contributed by atoms with van der Waals surface area (Å²) < 4.78 is 38.2. The van der Waals surface area contributed by atoms with Gasteiger partial charge < -0.3 is 10.4 Å². The molecule has 2 aliphatic rings. The maximum Gasteiger partial charge on any atom is 0.419 e. The Bertz CT molecular complexity index is 1040. The maximum atomic E-state index is 12.7. The molecule has 2 bridgehead atoms. The SMILES string of the molecule is OC(c1cccnc1-n1nccn1)N1CC2CC(Nc3ncc(C(F)(F)F)cn3)C1C2. The summed E-state index contributed by atoms with van der Waals surface area (Å²) in [6.45, 7) is 0.707. The first kappa shape index (κ1) is 19.8. The van der Waals surface area contributed by atoms with Crippen LogP contribution >= 0.6 is 0 Å². The fraction of sp³-hybridized carbons (Fsp3) is 0.421. The summed E-state index contributed by atoms with van der Waals surface area (Å²) in [5.41, 5.74) is -0.310. The number of aliphatic hydroxyl groups is 1. The number of alkyl halides is 3. The number of aromatic nitrogens is 6. The minimum Gasteiger partial charge on any atom is -0.374 e. The Morgan fingerprint density at radius 1 is 1.06 bits per heavy atom. The molecule has 31 heavy (non-hydrogen) atoms. The molecule has 4 heterocycles. The molecule has 1 saturated heterocycles. The molecule has 5 rings (SSSR count). The maximum absolute atomic E-state index is 12.7. The van der Waals surface area contributed by atoms with Crippen molar-refractivity contribution >= 4 is 5.95 Å². The lowest BCUT2D eigenvalue weighted by molar-refractivity contribution is -0.138. The van der Waals surface area contributed by atoms with Crippen LogP contribution in [0.5, 0.6) is 0 Å². The summed E-state index contributed by atoms with van der Waals surface area (Å²) in [4.78, 5) is 15.3. The van der Waals surface area contributed by atoms with Gasteiger partial charge in [-0.05, 0) is 30.9 Å². The lowest BCUT2D eigenvalue weighted by atomic mass is 10.0. The van der Waals surface area contributed by atoms with Crippen LogP contribution in [0.4, 0.5) is 19.1 Å². The number of aliphatic hydroxyl groups excluding tert-OH is 1. The number of rotatable bonds is 5. The average molecular weight is 432 g/mol. The second kappa shape index (κ2) is 7.54. The van der Waals surface area contributed by atoms with Crippen LogP contribution in [0.25, 0.3) is 5.82 Å². The molecule has 3 aromatic rings. The quantitative estimate of drug-likeness (QED) is 0.631. The Kier molecular flexibility index (Phi) is 4.82. The summed E-state index contributed by atoms with van der Waals surface area (Å²) >= 11 is 0. The van der Waals surface area contributed by atoms with Crippen molar-refractivity contribution in [3.8, 4) is 5.82 Å². The van der Waals surface area contributed by atoms with Crippen LogP contribution in [0, 0.1) is 5.92 Å². The van der Waals surface area contributed by atoms with Crippen LogP contribution in [-0.4, -0.2) is 58.6 Å². The summed E-state index contributed by atoms with van der Waals surface area (Å²) in [7, 11) is 0. The molecule has 1 aliphatic carbocycles. The smallest absolute Gasteiger partial charge is 0.374 e. The lowest BCUT2D eigenvalue weighted by Crippen LogP contribution is -2.46. The van der Waals surface area contributed by atoms with Crippen molar-refractivity contribution in [3.63, 3.8) is 0 Å². The minimum atomic E-state index is -4.48. The first-order chi connectivity index (χ1) is 14.9. The number of hydrogen-bond donors (Lipinski definition) is 2. The van der Waals surface area contributed by atoms with Gasteiger partial charge in [0, 0.05) is 42.8 Å². The van der Waals surface area contributed by atoms with Gasteiger partial charge in [0.05, 0.1) is 18.0 Å². The number of hydrogen-bond acceptors (Lipinski definition) is 8. The first-order valence-corrected chi connectivity index (χ1v) is 9.81. The van der Waals surface area contributed by atoms with Gasteiger partial charge in [0.1, 0.15) is 6.23 Å². The zero-order chi connectivity index (χ0) is 21.6. The molecule has 1 saturated carbocycles. The van der Waals surface area contributed by atoms with Crippen molar-refractivity contribution in [1.82, 2.24) is 34.8 Å². The number of fused-ring (bicyclic) bond motifs is 2. The molecule has 2 fully saturated rings. The van der Waals surface area contributed by atoms with E-state index in [1.54, 1.807) is 18.3 Å². The normalized spacial score (nSPS) is 24.5. The van der Waals surface area contributed by atoms with Crippen LogP contribution < -0.4 is 5.32 Å². The van der Waals surface area contributed by atoms with Crippen molar-refractivity contribution in [2.45, 2.75) is 37.3 Å². The summed E-state index contributed by atoms with van der Waals surface area (Å²) in [6, 6.07) is 3.41. The van der Waals surface area contributed by atoms with Gasteiger partial charge in [-0.15, -0.1) is 4.80 Å². The van der Waals surface area contributed by atoms with Crippen molar-refractivity contribution < 1.29 is 18.3 Å². The third kappa shape index (κ3) is 3.72. The molecule has 0 amide bonds. The van der Waals surface area contributed by atoms with E-state index in [1.165, 1.54) is 17.2 Å². The molecule has 0 spiro atoms. The summed E-state index contributed by atoms with van der Waals surface area (Å²) in [6.07, 6.45) is 2.52. The summed E-state index contributed by atoms with van der Waals surface area (Å²) in [5.74, 6) is 0.940. The number of pyridine rings is 1. The van der Waals surface area contributed by atoms with Crippen molar-refractivity contribution in [1.29, 1.82) is 0 Å². The molecule has 0 aromatic carbocycles. The highest BCUT2D eigenvalue weighted by atomic mass is 19.4. The van der Waals surface area contributed by atoms with E-state index < -0.39 is 18.0 Å². The van der Waals surface area contributed by atoms with Gasteiger partial charge in [-0.1, -0.05) is 0 Å². The van der Waals surface area contributed by atoms with Crippen LogP contribution in [0.15, 0.2) is 43.1 Å². The second-order valence-electron chi connectivity index (χ2n) is 7.75. The Hall–Kier alpha value is -3.12. The largest absolute Gasteiger partial charge is 0.419 e. The van der Waals surface area contributed by atoms with Crippen molar-refractivity contribution in [2.24, 2.45) is 5.92 Å². The zero-order valence-corrected chi connectivity index (χ0v) is 16.2. The second-order valence-corrected chi connectivity index (χ2v) is 7.75. The molecule has 12 heteroatoms. The number of piperidine rings is 1. The number of nitrogens with one attached hydrogen (secondary N) is 1. The van der Waals surface area contributed by atoms with Crippen molar-refractivity contribution in [2.75, 3.05) is 11.9 Å². The van der Waals surface area contributed by atoms with Crippen LogP contribution in [0.2, 0.25) is 0 Å².